The minimum atomic E-state index is -0.0835. The summed E-state index contributed by atoms with van der Waals surface area (Å²) in [7, 11) is 0. The van der Waals surface area contributed by atoms with E-state index < -0.39 is 0 Å². The number of aromatic amines is 1. The van der Waals surface area contributed by atoms with E-state index in [2.05, 4.69) is 31.0 Å². The van der Waals surface area contributed by atoms with Gasteiger partial charge in [-0.05, 0) is 23.8 Å². The topological polar surface area (TPSA) is 54.7 Å². The van der Waals surface area contributed by atoms with Crippen molar-refractivity contribution in [2.75, 3.05) is 6.54 Å². The third-order valence-corrected chi connectivity index (χ3v) is 3.98. The Morgan fingerprint density at radius 2 is 1.85 bits per heavy atom. The van der Waals surface area contributed by atoms with E-state index >= 15 is 0 Å². The van der Waals surface area contributed by atoms with Crippen molar-refractivity contribution in [1.82, 2.24) is 10.2 Å². The minimum absolute atomic E-state index is 0.0157. The Kier molecular flexibility index (Phi) is 4.43. The zero-order valence-corrected chi connectivity index (χ0v) is 13.4. The molecule has 1 heterocycles. The smallest absolute Gasteiger partial charge is 0.0678 e. The maximum absolute atomic E-state index is 6.28. The summed E-state index contributed by atoms with van der Waals surface area (Å²) in [6.07, 6.45) is 0. The van der Waals surface area contributed by atoms with Crippen LogP contribution < -0.4 is 5.73 Å². The molecule has 0 bridgehead atoms. The number of hydrogen-bond donors (Lipinski definition) is 2. The lowest BCUT2D eigenvalue weighted by atomic mass is 9.90. The number of halogens is 2. The summed E-state index contributed by atoms with van der Waals surface area (Å²) in [6, 6.07) is 7.52. The van der Waals surface area contributed by atoms with Crippen LogP contribution in [0.2, 0.25) is 10.0 Å². The molecule has 2 rings (SSSR count). The highest BCUT2D eigenvalue weighted by Crippen LogP contribution is 2.35. The molecule has 0 fully saturated rings. The molecule has 1 aromatic heterocycles. The van der Waals surface area contributed by atoms with Crippen molar-refractivity contribution in [1.29, 1.82) is 0 Å². The highest BCUT2D eigenvalue weighted by atomic mass is 35.5. The molecule has 1 aromatic carbocycles. The summed E-state index contributed by atoms with van der Waals surface area (Å²) in [6.45, 7) is 6.77. The second kappa shape index (κ2) is 5.76. The van der Waals surface area contributed by atoms with Crippen molar-refractivity contribution < 1.29 is 0 Å². The van der Waals surface area contributed by atoms with Crippen molar-refractivity contribution in [2.24, 2.45) is 5.73 Å². The minimum Gasteiger partial charge on any atom is -0.329 e. The number of nitrogens with one attached hydrogen (secondary N) is 1. The molecular formula is C15H19Cl2N3. The zero-order chi connectivity index (χ0) is 14.9. The number of H-pyrrole nitrogens is 1. The van der Waals surface area contributed by atoms with Crippen molar-refractivity contribution in [3.63, 3.8) is 0 Å². The Balaban J connectivity index is 2.45. The molecule has 0 aliphatic carbocycles. The second-order valence-electron chi connectivity index (χ2n) is 5.88. The Morgan fingerprint density at radius 3 is 2.30 bits per heavy atom. The van der Waals surface area contributed by atoms with Gasteiger partial charge in [0, 0.05) is 33.6 Å². The fourth-order valence-corrected chi connectivity index (χ4v) is 2.80. The normalized spacial score (nSPS) is 13.5. The van der Waals surface area contributed by atoms with Crippen LogP contribution in [0.25, 0.3) is 0 Å². The molecule has 5 heteroatoms. The van der Waals surface area contributed by atoms with Gasteiger partial charge in [-0.15, -0.1) is 0 Å². The summed E-state index contributed by atoms with van der Waals surface area (Å²) >= 11 is 12.6. The molecule has 0 amide bonds. The summed E-state index contributed by atoms with van der Waals surface area (Å²) in [5, 5.41) is 8.69. The van der Waals surface area contributed by atoms with Gasteiger partial charge >= 0.3 is 0 Å². The van der Waals surface area contributed by atoms with Crippen molar-refractivity contribution in [3.8, 4) is 0 Å². The Bertz CT molecular complexity index is 579. The van der Waals surface area contributed by atoms with Gasteiger partial charge in [-0.2, -0.15) is 5.10 Å². The van der Waals surface area contributed by atoms with Crippen LogP contribution >= 0.6 is 23.2 Å². The lowest BCUT2D eigenvalue weighted by Gasteiger charge is -2.17. The SMILES string of the molecule is CC(C)(C)c1cc(C(CN)c2c(Cl)cccc2Cl)[nH]n1. The van der Waals surface area contributed by atoms with Crippen LogP contribution in [-0.2, 0) is 5.41 Å². The average molecular weight is 312 g/mol. The van der Waals surface area contributed by atoms with Crippen LogP contribution in [0.4, 0.5) is 0 Å². The number of aromatic nitrogens is 2. The van der Waals surface area contributed by atoms with Gasteiger partial charge in [0.1, 0.15) is 0 Å². The van der Waals surface area contributed by atoms with E-state index in [-0.39, 0.29) is 11.3 Å². The summed E-state index contributed by atoms with van der Waals surface area (Å²) in [4.78, 5) is 0. The highest BCUT2D eigenvalue weighted by molar-refractivity contribution is 6.36. The Labute approximate surface area is 129 Å². The highest BCUT2D eigenvalue weighted by Gasteiger charge is 2.24. The van der Waals surface area contributed by atoms with Gasteiger partial charge in [0.2, 0.25) is 0 Å². The monoisotopic (exact) mass is 311 g/mol. The maximum atomic E-state index is 6.28. The van der Waals surface area contributed by atoms with E-state index in [1.807, 2.05) is 24.3 Å². The molecule has 1 unspecified atom stereocenters. The van der Waals surface area contributed by atoms with Gasteiger partial charge in [-0.3, -0.25) is 5.10 Å². The van der Waals surface area contributed by atoms with Crippen LogP contribution in [-0.4, -0.2) is 16.7 Å². The summed E-state index contributed by atoms with van der Waals surface area (Å²) in [5.74, 6) is -0.0835. The van der Waals surface area contributed by atoms with Crippen molar-refractivity contribution in [2.45, 2.75) is 32.1 Å². The third-order valence-electron chi connectivity index (χ3n) is 3.33. The van der Waals surface area contributed by atoms with E-state index in [0.29, 0.717) is 16.6 Å². The first-order valence-corrected chi connectivity index (χ1v) is 7.30. The van der Waals surface area contributed by atoms with E-state index in [0.717, 1.165) is 17.0 Å². The van der Waals surface area contributed by atoms with E-state index in [9.17, 15) is 0 Å². The predicted octanol–water partition coefficient (Wildman–Crippen LogP) is 4.10. The number of rotatable bonds is 3. The van der Waals surface area contributed by atoms with Crippen LogP contribution in [0.3, 0.4) is 0 Å². The quantitative estimate of drug-likeness (QED) is 0.896. The van der Waals surface area contributed by atoms with Gasteiger partial charge < -0.3 is 5.73 Å². The molecule has 3 N–H and O–H groups in total. The second-order valence-corrected chi connectivity index (χ2v) is 6.70. The van der Waals surface area contributed by atoms with Gasteiger partial charge in [0.15, 0.2) is 0 Å². The predicted molar refractivity (Wildman–Crippen MR) is 84.6 cm³/mol. The first-order valence-electron chi connectivity index (χ1n) is 6.54. The molecule has 0 saturated carbocycles. The van der Waals surface area contributed by atoms with Crippen LogP contribution in [0.1, 0.15) is 43.6 Å². The standard InChI is InChI=1S/C15H19Cl2N3/c1-15(2,3)13-7-12(19-20-13)9(8-18)14-10(16)5-4-6-11(14)17/h4-7,9H,8,18H2,1-3H3,(H,19,20). The lowest BCUT2D eigenvalue weighted by molar-refractivity contribution is 0.567. The van der Waals surface area contributed by atoms with Crippen LogP contribution in [0.15, 0.2) is 24.3 Å². The molecule has 2 aromatic rings. The Morgan fingerprint density at radius 1 is 1.25 bits per heavy atom. The lowest BCUT2D eigenvalue weighted by Crippen LogP contribution is -2.15. The number of nitrogens with zero attached hydrogens (tertiary/aromatic N) is 1. The Hall–Kier alpha value is -1.03. The summed E-state index contributed by atoms with van der Waals surface area (Å²) in [5.41, 5.74) is 8.69. The zero-order valence-electron chi connectivity index (χ0n) is 11.9. The van der Waals surface area contributed by atoms with E-state index in [1.54, 1.807) is 0 Å². The third kappa shape index (κ3) is 3.00. The molecule has 20 heavy (non-hydrogen) atoms. The molecule has 0 aliphatic heterocycles. The van der Waals surface area contributed by atoms with Crippen LogP contribution in [0.5, 0.6) is 0 Å². The molecule has 0 spiro atoms. The molecule has 1 atom stereocenters. The first kappa shape index (κ1) is 15.4. The number of benzene rings is 1. The van der Waals surface area contributed by atoms with Gasteiger partial charge in [0.05, 0.1) is 5.69 Å². The van der Waals surface area contributed by atoms with Crippen molar-refractivity contribution in [3.05, 3.63) is 51.3 Å². The molecule has 0 aliphatic rings. The molecule has 108 valence electrons. The molecular weight excluding hydrogens is 293 g/mol. The first-order chi connectivity index (χ1) is 9.34. The van der Waals surface area contributed by atoms with Gasteiger partial charge in [-0.25, -0.2) is 0 Å². The average Bonchev–Trinajstić information content (AvgIpc) is 2.83. The molecule has 0 radical (unpaired) electrons. The van der Waals surface area contributed by atoms with Crippen molar-refractivity contribution >= 4 is 23.2 Å². The van der Waals surface area contributed by atoms with Gasteiger partial charge in [0.25, 0.3) is 0 Å². The largest absolute Gasteiger partial charge is 0.329 e. The van der Waals surface area contributed by atoms with Crippen LogP contribution in [0, 0.1) is 0 Å². The summed E-state index contributed by atoms with van der Waals surface area (Å²) < 4.78 is 0. The fourth-order valence-electron chi connectivity index (χ4n) is 2.14. The van der Waals surface area contributed by atoms with E-state index in [1.165, 1.54) is 0 Å². The van der Waals surface area contributed by atoms with E-state index in [4.69, 9.17) is 28.9 Å². The number of hydrogen-bond acceptors (Lipinski definition) is 2. The number of nitrogens with two attached hydrogens (primary N) is 1. The maximum Gasteiger partial charge on any atom is 0.0678 e. The van der Waals surface area contributed by atoms with Gasteiger partial charge in [-0.1, -0.05) is 50.0 Å². The molecule has 0 saturated heterocycles. The fraction of sp³-hybridized carbons (Fsp3) is 0.400. The molecule has 3 nitrogen and oxygen atoms in total.